The molecule has 2 atom stereocenters. The summed E-state index contributed by atoms with van der Waals surface area (Å²) >= 11 is 3.86. The fourth-order valence-corrected chi connectivity index (χ4v) is 5.17. The Balaban J connectivity index is 2.05. The SMILES string of the molecule is BrC1[C@]23CC=CC[C@@]12CCC3. The van der Waals surface area contributed by atoms with Crippen molar-refractivity contribution in [3.8, 4) is 0 Å². The van der Waals surface area contributed by atoms with Gasteiger partial charge in [0.15, 0.2) is 0 Å². The molecule has 60 valence electrons. The van der Waals surface area contributed by atoms with Gasteiger partial charge in [-0.25, -0.2) is 0 Å². The molecule has 0 spiro atoms. The van der Waals surface area contributed by atoms with Crippen LogP contribution in [0.25, 0.3) is 0 Å². The molecule has 0 aromatic rings. The molecule has 0 unspecified atom stereocenters. The molecule has 0 aromatic carbocycles. The van der Waals surface area contributed by atoms with Crippen molar-refractivity contribution < 1.29 is 0 Å². The second-order valence-corrected chi connectivity index (χ2v) is 5.32. The van der Waals surface area contributed by atoms with Gasteiger partial charge >= 0.3 is 0 Å². The lowest BCUT2D eigenvalue weighted by Gasteiger charge is -2.18. The van der Waals surface area contributed by atoms with E-state index in [2.05, 4.69) is 28.1 Å². The van der Waals surface area contributed by atoms with Gasteiger partial charge in [-0.15, -0.1) is 0 Å². The minimum atomic E-state index is 0.724. The predicted octanol–water partition coefficient (Wildman–Crippen LogP) is 3.27. The molecule has 0 saturated heterocycles. The van der Waals surface area contributed by atoms with Crippen molar-refractivity contribution in [1.29, 1.82) is 0 Å². The Bertz CT molecular complexity index is 211. The summed E-state index contributed by atoms with van der Waals surface area (Å²) in [6, 6.07) is 0. The van der Waals surface area contributed by atoms with E-state index in [0.29, 0.717) is 0 Å². The number of rotatable bonds is 0. The quantitative estimate of drug-likeness (QED) is 0.428. The van der Waals surface area contributed by atoms with Crippen LogP contribution in [0.15, 0.2) is 12.2 Å². The first-order valence-electron chi connectivity index (χ1n) is 4.61. The molecule has 2 fully saturated rings. The number of hydrogen-bond donors (Lipinski definition) is 0. The number of allylic oxidation sites excluding steroid dienone is 2. The third-order valence-electron chi connectivity index (χ3n) is 4.26. The van der Waals surface area contributed by atoms with Gasteiger partial charge < -0.3 is 0 Å². The van der Waals surface area contributed by atoms with E-state index in [1.165, 1.54) is 32.1 Å². The summed E-state index contributed by atoms with van der Waals surface area (Å²) in [4.78, 5) is 0.853. The summed E-state index contributed by atoms with van der Waals surface area (Å²) in [5.74, 6) is 0. The van der Waals surface area contributed by atoms with Crippen LogP contribution in [0.4, 0.5) is 0 Å². The Morgan fingerprint density at radius 1 is 1.09 bits per heavy atom. The van der Waals surface area contributed by atoms with Gasteiger partial charge in [-0.2, -0.15) is 0 Å². The normalized spacial score (nSPS) is 58.8. The highest BCUT2D eigenvalue weighted by Crippen LogP contribution is 2.80. The molecule has 0 radical (unpaired) electrons. The summed E-state index contributed by atoms with van der Waals surface area (Å²) in [5.41, 5.74) is 1.45. The molecule has 0 heterocycles. The maximum absolute atomic E-state index is 3.86. The van der Waals surface area contributed by atoms with Gasteiger partial charge in [0.2, 0.25) is 0 Å². The third kappa shape index (κ3) is 0.526. The average molecular weight is 213 g/mol. The summed E-state index contributed by atoms with van der Waals surface area (Å²) in [6.45, 7) is 0. The van der Waals surface area contributed by atoms with Crippen LogP contribution in [-0.2, 0) is 0 Å². The van der Waals surface area contributed by atoms with Crippen LogP contribution >= 0.6 is 15.9 Å². The van der Waals surface area contributed by atoms with E-state index in [4.69, 9.17) is 0 Å². The molecule has 3 aliphatic rings. The molecule has 3 aliphatic carbocycles. The van der Waals surface area contributed by atoms with E-state index >= 15 is 0 Å². The Labute approximate surface area is 76.2 Å². The summed E-state index contributed by atoms with van der Waals surface area (Å²) in [6.07, 6.45) is 11.9. The fraction of sp³-hybridized carbons (Fsp3) is 0.800. The van der Waals surface area contributed by atoms with Gasteiger partial charge in [-0.3, -0.25) is 0 Å². The highest BCUT2D eigenvalue weighted by atomic mass is 79.9. The van der Waals surface area contributed by atoms with Crippen molar-refractivity contribution in [1.82, 2.24) is 0 Å². The molecule has 2 saturated carbocycles. The molecule has 0 aromatic heterocycles. The zero-order valence-corrected chi connectivity index (χ0v) is 8.23. The number of alkyl halides is 1. The lowest BCUT2D eigenvalue weighted by molar-refractivity contribution is 0.380. The van der Waals surface area contributed by atoms with E-state index < -0.39 is 0 Å². The third-order valence-corrected chi connectivity index (χ3v) is 6.01. The van der Waals surface area contributed by atoms with E-state index in [-0.39, 0.29) is 0 Å². The predicted molar refractivity (Wildman–Crippen MR) is 49.8 cm³/mol. The summed E-state index contributed by atoms with van der Waals surface area (Å²) in [7, 11) is 0. The van der Waals surface area contributed by atoms with Crippen LogP contribution in [0.5, 0.6) is 0 Å². The lowest BCUT2D eigenvalue weighted by atomic mass is 9.86. The van der Waals surface area contributed by atoms with Gasteiger partial charge in [0, 0.05) is 4.83 Å². The Morgan fingerprint density at radius 3 is 2.18 bits per heavy atom. The van der Waals surface area contributed by atoms with E-state index in [9.17, 15) is 0 Å². The smallest absolute Gasteiger partial charge is 0.0276 e. The summed E-state index contributed by atoms with van der Waals surface area (Å²) in [5, 5.41) is 0. The van der Waals surface area contributed by atoms with Crippen LogP contribution in [0.2, 0.25) is 0 Å². The second kappa shape index (κ2) is 1.76. The van der Waals surface area contributed by atoms with Gasteiger partial charge in [0.05, 0.1) is 0 Å². The molecule has 0 bridgehead atoms. The molecular formula is C10H13Br. The Kier molecular flexibility index (Phi) is 1.07. The minimum Gasteiger partial charge on any atom is -0.0879 e. The molecule has 1 heteroatoms. The van der Waals surface area contributed by atoms with Crippen molar-refractivity contribution in [2.75, 3.05) is 0 Å². The standard InChI is InChI=1S/C10H13Br/c11-8-9-4-1-2-5-10(8,9)7-3-6-9/h1-2,8H,3-7H2/t9-,10-/m1/s1. The van der Waals surface area contributed by atoms with Crippen LogP contribution < -0.4 is 0 Å². The van der Waals surface area contributed by atoms with E-state index in [0.717, 1.165) is 15.7 Å². The van der Waals surface area contributed by atoms with Gasteiger partial charge in [0.25, 0.3) is 0 Å². The van der Waals surface area contributed by atoms with Gasteiger partial charge in [-0.1, -0.05) is 34.5 Å². The van der Waals surface area contributed by atoms with Gasteiger partial charge in [0.1, 0.15) is 0 Å². The number of hydrogen-bond acceptors (Lipinski definition) is 0. The first-order chi connectivity index (χ1) is 5.32. The first-order valence-corrected chi connectivity index (χ1v) is 5.53. The molecule has 0 N–H and O–H groups in total. The number of halogens is 1. The van der Waals surface area contributed by atoms with Crippen LogP contribution in [0, 0.1) is 10.8 Å². The van der Waals surface area contributed by atoms with Crippen LogP contribution in [0.1, 0.15) is 32.1 Å². The molecule has 0 nitrogen and oxygen atoms in total. The highest BCUT2D eigenvalue weighted by Gasteiger charge is 2.76. The van der Waals surface area contributed by atoms with Crippen molar-refractivity contribution in [3.05, 3.63) is 12.2 Å². The average Bonchev–Trinajstić information content (AvgIpc) is 2.44. The zero-order valence-electron chi connectivity index (χ0n) is 6.65. The molecule has 11 heavy (non-hydrogen) atoms. The fourth-order valence-electron chi connectivity index (χ4n) is 3.55. The largest absolute Gasteiger partial charge is 0.0879 e. The van der Waals surface area contributed by atoms with Crippen LogP contribution in [0.3, 0.4) is 0 Å². The molecule has 0 aliphatic heterocycles. The topological polar surface area (TPSA) is 0 Å². The minimum absolute atomic E-state index is 0.724. The maximum Gasteiger partial charge on any atom is 0.0276 e. The molecular weight excluding hydrogens is 200 g/mol. The highest BCUT2D eigenvalue weighted by molar-refractivity contribution is 9.09. The van der Waals surface area contributed by atoms with Crippen molar-refractivity contribution >= 4 is 15.9 Å². The Hall–Kier alpha value is 0.220. The summed E-state index contributed by atoms with van der Waals surface area (Å²) < 4.78 is 0. The van der Waals surface area contributed by atoms with E-state index in [1.807, 2.05) is 0 Å². The Morgan fingerprint density at radius 2 is 1.64 bits per heavy atom. The zero-order chi connectivity index (χ0) is 7.53. The van der Waals surface area contributed by atoms with Crippen molar-refractivity contribution in [3.63, 3.8) is 0 Å². The van der Waals surface area contributed by atoms with Crippen molar-refractivity contribution in [2.24, 2.45) is 10.8 Å². The monoisotopic (exact) mass is 212 g/mol. The van der Waals surface area contributed by atoms with E-state index in [1.54, 1.807) is 0 Å². The maximum atomic E-state index is 3.86. The molecule has 3 rings (SSSR count). The second-order valence-electron chi connectivity index (χ2n) is 4.41. The van der Waals surface area contributed by atoms with Crippen LogP contribution in [-0.4, -0.2) is 4.83 Å². The lowest BCUT2D eigenvalue weighted by Crippen LogP contribution is -2.08. The molecule has 0 amide bonds. The first kappa shape index (κ1) is 6.71. The van der Waals surface area contributed by atoms with Crippen molar-refractivity contribution in [2.45, 2.75) is 36.9 Å². The van der Waals surface area contributed by atoms with Gasteiger partial charge in [-0.05, 0) is 36.5 Å².